The van der Waals surface area contributed by atoms with Crippen molar-refractivity contribution in [1.82, 2.24) is 0 Å². The molecule has 2 aromatic carbocycles. The molecule has 2 nitrogen and oxygen atoms in total. The molecule has 0 saturated heterocycles. The minimum atomic E-state index is -5.07. The van der Waals surface area contributed by atoms with Crippen LogP contribution in [0.2, 0.25) is 0 Å². The molecule has 2 rings (SSSR count). The standard InChI is InChI=1S/C14H7F8NO/c15-10-4-9(5-11(16)12(10)23)24-8-2-6(13(17,18)19)1-7(3-8)14(20,21)22/h1-5H,23H2. The lowest BCUT2D eigenvalue weighted by Crippen LogP contribution is -2.11. The van der Waals surface area contributed by atoms with Crippen molar-refractivity contribution in [3.05, 3.63) is 53.1 Å². The van der Waals surface area contributed by atoms with Crippen molar-refractivity contribution in [3.63, 3.8) is 0 Å². The van der Waals surface area contributed by atoms with Gasteiger partial charge in [0.15, 0.2) is 11.6 Å². The number of benzene rings is 2. The molecule has 0 aliphatic carbocycles. The lowest BCUT2D eigenvalue weighted by Gasteiger charge is -2.15. The summed E-state index contributed by atoms with van der Waals surface area (Å²) in [6.07, 6.45) is -10.1. The first kappa shape index (κ1) is 17.8. The number of hydrogen-bond acceptors (Lipinski definition) is 2. The second-order valence-electron chi connectivity index (χ2n) is 4.64. The van der Waals surface area contributed by atoms with Gasteiger partial charge in [-0.15, -0.1) is 0 Å². The van der Waals surface area contributed by atoms with Crippen molar-refractivity contribution in [3.8, 4) is 11.5 Å². The molecule has 0 amide bonds. The van der Waals surface area contributed by atoms with Crippen LogP contribution in [0.25, 0.3) is 0 Å². The van der Waals surface area contributed by atoms with E-state index in [0.717, 1.165) is 0 Å². The van der Waals surface area contributed by atoms with Crippen LogP contribution < -0.4 is 10.5 Å². The fourth-order valence-corrected chi connectivity index (χ4v) is 1.74. The SMILES string of the molecule is Nc1c(F)cc(Oc2cc(C(F)(F)F)cc(C(F)(F)F)c2)cc1F. The molecule has 0 bridgehead atoms. The van der Waals surface area contributed by atoms with Crippen molar-refractivity contribution < 1.29 is 39.9 Å². The Labute approximate surface area is 129 Å². The summed E-state index contributed by atoms with van der Waals surface area (Å²) in [4.78, 5) is 0. The molecule has 0 aliphatic rings. The number of anilines is 1. The Kier molecular flexibility index (Phi) is 4.34. The van der Waals surface area contributed by atoms with E-state index in [4.69, 9.17) is 10.5 Å². The van der Waals surface area contributed by atoms with E-state index in [2.05, 4.69) is 0 Å². The molecule has 0 radical (unpaired) electrons. The first-order valence-electron chi connectivity index (χ1n) is 6.10. The maximum Gasteiger partial charge on any atom is 0.416 e. The van der Waals surface area contributed by atoms with Crippen LogP contribution in [0.5, 0.6) is 11.5 Å². The zero-order valence-electron chi connectivity index (χ0n) is 11.4. The van der Waals surface area contributed by atoms with Crippen LogP contribution in [0, 0.1) is 11.6 Å². The molecule has 0 spiro atoms. The minimum absolute atomic E-state index is 0.100. The Hall–Kier alpha value is -2.52. The summed E-state index contributed by atoms with van der Waals surface area (Å²) < 4.78 is 107. The van der Waals surface area contributed by atoms with E-state index in [9.17, 15) is 35.1 Å². The van der Waals surface area contributed by atoms with Gasteiger partial charge in [-0.1, -0.05) is 0 Å². The number of rotatable bonds is 2. The monoisotopic (exact) mass is 357 g/mol. The molecule has 0 aliphatic heterocycles. The fourth-order valence-electron chi connectivity index (χ4n) is 1.74. The van der Waals surface area contributed by atoms with E-state index in [1.807, 2.05) is 0 Å². The zero-order chi connectivity index (χ0) is 18.3. The number of ether oxygens (including phenoxy) is 1. The number of nitrogen functional groups attached to an aromatic ring is 1. The maximum absolute atomic E-state index is 13.3. The average molecular weight is 357 g/mol. The van der Waals surface area contributed by atoms with Gasteiger partial charge in [0.2, 0.25) is 0 Å². The molecule has 0 atom stereocenters. The lowest BCUT2D eigenvalue weighted by molar-refractivity contribution is -0.143. The van der Waals surface area contributed by atoms with Crippen molar-refractivity contribution in [2.75, 3.05) is 5.73 Å². The first-order chi connectivity index (χ1) is 10.9. The molecule has 0 heterocycles. The third kappa shape index (κ3) is 3.87. The number of hydrogen-bond donors (Lipinski definition) is 1. The summed E-state index contributed by atoms with van der Waals surface area (Å²) in [6, 6.07) is 1.53. The summed E-state index contributed by atoms with van der Waals surface area (Å²) in [5, 5.41) is 0. The van der Waals surface area contributed by atoms with Crippen LogP contribution >= 0.6 is 0 Å². The van der Waals surface area contributed by atoms with Gasteiger partial charge in [-0.3, -0.25) is 0 Å². The highest BCUT2D eigenvalue weighted by Gasteiger charge is 2.37. The predicted octanol–water partition coefficient (Wildman–Crippen LogP) is 5.38. The van der Waals surface area contributed by atoms with E-state index in [0.29, 0.717) is 12.1 Å². The highest BCUT2D eigenvalue weighted by Crippen LogP contribution is 2.39. The Balaban J connectivity index is 2.50. The molecule has 2 N–H and O–H groups in total. The molecule has 0 fully saturated rings. The minimum Gasteiger partial charge on any atom is -0.457 e. The summed E-state index contributed by atoms with van der Waals surface area (Å²) >= 11 is 0. The molecule has 130 valence electrons. The van der Waals surface area contributed by atoms with Gasteiger partial charge in [0.05, 0.1) is 11.1 Å². The van der Waals surface area contributed by atoms with E-state index >= 15 is 0 Å². The van der Waals surface area contributed by atoms with Gasteiger partial charge < -0.3 is 10.5 Å². The molecule has 0 aromatic heterocycles. The lowest BCUT2D eigenvalue weighted by atomic mass is 10.1. The predicted molar refractivity (Wildman–Crippen MR) is 67.3 cm³/mol. The van der Waals surface area contributed by atoms with Gasteiger partial charge in [0, 0.05) is 12.1 Å². The third-order valence-electron chi connectivity index (χ3n) is 2.85. The molecule has 0 unspecified atom stereocenters. The zero-order valence-corrected chi connectivity index (χ0v) is 11.4. The molecular formula is C14H7F8NO. The average Bonchev–Trinajstić information content (AvgIpc) is 2.42. The summed E-state index contributed by atoms with van der Waals surface area (Å²) in [5.41, 5.74) is 0.901. The van der Waals surface area contributed by atoms with Crippen LogP contribution in [0.15, 0.2) is 30.3 Å². The summed E-state index contributed by atoms with van der Waals surface area (Å²) in [6.45, 7) is 0. The van der Waals surface area contributed by atoms with E-state index in [1.165, 1.54) is 0 Å². The quantitative estimate of drug-likeness (QED) is 0.579. The van der Waals surface area contributed by atoms with Gasteiger partial charge in [-0.05, 0) is 18.2 Å². The molecule has 10 heteroatoms. The van der Waals surface area contributed by atoms with E-state index in [-0.39, 0.29) is 18.2 Å². The van der Waals surface area contributed by atoms with Crippen molar-refractivity contribution >= 4 is 5.69 Å². The summed E-state index contributed by atoms with van der Waals surface area (Å²) in [7, 11) is 0. The van der Waals surface area contributed by atoms with Crippen molar-refractivity contribution in [1.29, 1.82) is 0 Å². The molecule has 24 heavy (non-hydrogen) atoms. The molecular weight excluding hydrogens is 350 g/mol. The number of alkyl halides is 6. The smallest absolute Gasteiger partial charge is 0.416 e. The topological polar surface area (TPSA) is 35.2 Å². The second-order valence-corrected chi connectivity index (χ2v) is 4.64. The van der Waals surface area contributed by atoms with Crippen LogP contribution in [-0.2, 0) is 12.4 Å². The van der Waals surface area contributed by atoms with Crippen LogP contribution in [0.3, 0.4) is 0 Å². The second kappa shape index (κ2) is 5.84. The Bertz CT molecular complexity index is 711. The largest absolute Gasteiger partial charge is 0.457 e. The normalized spacial score (nSPS) is 12.3. The van der Waals surface area contributed by atoms with Gasteiger partial charge in [-0.2, -0.15) is 26.3 Å². The van der Waals surface area contributed by atoms with Crippen LogP contribution in [0.1, 0.15) is 11.1 Å². The number of nitrogens with two attached hydrogens (primary N) is 1. The third-order valence-corrected chi connectivity index (χ3v) is 2.85. The van der Waals surface area contributed by atoms with Gasteiger partial charge in [-0.25, -0.2) is 8.78 Å². The Morgan fingerprint density at radius 3 is 1.42 bits per heavy atom. The number of halogens is 8. The summed E-state index contributed by atoms with van der Waals surface area (Å²) in [5.74, 6) is -4.08. The van der Waals surface area contributed by atoms with Crippen molar-refractivity contribution in [2.45, 2.75) is 12.4 Å². The van der Waals surface area contributed by atoms with Gasteiger partial charge >= 0.3 is 12.4 Å². The Morgan fingerprint density at radius 1 is 0.667 bits per heavy atom. The van der Waals surface area contributed by atoms with Gasteiger partial charge in [0.1, 0.15) is 17.2 Å². The highest BCUT2D eigenvalue weighted by molar-refractivity contribution is 5.47. The van der Waals surface area contributed by atoms with E-state index < -0.39 is 52.3 Å². The first-order valence-corrected chi connectivity index (χ1v) is 6.10. The fraction of sp³-hybridized carbons (Fsp3) is 0.143. The van der Waals surface area contributed by atoms with Crippen molar-refractivity contribution in [2.24, 2.45) is 0 Å². The maximum atomic E-state index is 13.3. The van der Waals surface area contributed by atoms with Crippen LogP contribution in [-0.4, -0.2) is 0 Å². The van der Waals surface area contributed by atoms with Gasteiger partial charge in [0.25, 0.3) is 0 Å². The molecule has 0 saturated carbocycles. The van der Waals surface area contributed by atoms with Crippen LogP contribution in [0.4, 0.5) is 40.8 Å². The molecule has 2 aromatic rings. The van der Waals surface area contributed by atoms with E-state index in [1.54, 1.807) is 0 Å². The highest BCUT2D eigenvalue weighted by atomic mass is 19.4. The Morgan fingerprint density at radius 2 is 1.04 bits per heavy atom.